The van der Waals surface area contributed by atoms with Gasteiger partial charge in [0.1, 0.15) is 29.8 Å². The largest absolute Gasteiger partial charge is 0.489 e. The maximum atomic E-state index is 13.3. The van der Waals surface area contributed by atoms with Crippen molar-refractivity contribution in [1.82, 2.24) is 4.72 Å². The summed E-state index contributed by atoms with van der Waals surface area (Å²) in [6.45, 7) is 5.75. The number of hydrogen-bond acceptors (Lipinski definition) is 6. The second-order valence-electron chi connectivity index (χ2n) is 10.8. The van der Waals surface area contributed by atoms with Crippen molar-refractivity contribution in [3.8, 4) is 11.5 Å². The van der Waals surface area contributed by atoms with E-state index in [9.17, 15) is 18.3 Å². The molecule has 0 fully saturated rings. The molecule has 0 saturated heterocycles. The van der Waals surface area contributed by atoms with Crippen molar-refractivity contribution in [3.05, 3.63) is 119 Å². The van der Waals surface area contributed by atoms with Crippen LogP contribution in [0.2, 0.25) is 0 Å². The third kappa shape index (κ3) is 6.49. The first-order chi connectivity index (χ1) is 20.1. The van der Waals surface area contributed by atoms with E-state index < -0.39 is 33.7 Å². The Morgan fingerprint density at radius 1 is 0.929 bits per heavy atom. The molecule has 0 radical (unpaired) electrons. The number of aryl methyl sites for hydroxylation is 1. The van der Waals surface area contributed by atoms with Gasteiger partial charge in [-0.2, -0.15) is 0 Å². The number of anilines is 1. The molecular weight excluding hydrogens is 552 g/mol. The van der Waals surface area contributed by atoms with Crippen LogP contribution in [0, 0.1) is 0 Å². The van der Waals surface area contributed by atoms with Crippen molar-refractivity contribution in [2.45, 2.75) is 56.4 Å². The number of carbonyl (C=O) groups excluding carboxylic acids is 1. The lowest BCUT2D eigenvalue weighted by Crippen LogP contribution is -2.53. The van der Waals surface area contributed by atoms with Crippen LogP contribution in [0.15, 0.2) is 102 Å². The van der Waals surface area contributed by atoms with Gasteiger partial charge in [-0.25, -0.2) is 13.1 Å². The minimum atomic E-state index is -4.00. The molecule has 1 amide bonds. The van der Waals surface area contributed by atoms with E-state index in [4.69, 9.17) is 9.47 Å². The summed E-state index contributed by atoms with van der Waals surface area (Å²) in [7, 11) is -4.00. The number of amides is 1. The molecule has 42 heavy (non-hydrogen) atoms. The molecule has 0 aliphatic carbocycles. The van der Waals surface area contributed by atoms with Gasteiger partial charge in [0.2, 0.25) is 10.0 Å². The van der Waals surface area contributed by atoms with E-state index in [1.54, 1.807) is 74.5 Å². The number of aliphatic hydroxyl groups excluding tert-OH is 1. The summed E-state index contributed by atoms with van der Waals surface area (Å²) in [5.74, 6) is 0.573. The molecule has 8 nitrogen and oxygen atoms in total. The highest BCUT2D eigenvalue weighted by atomic mass is 32.2. The highest BCUT2D eigenvalue weighted by Gasteiger charge is 2.44. The number of hydrogen-bond donors (Lipinski definition) is 3. The lowest BCUT2D eigenvalue weighted by Gasteiger charge is -2.42. The van der Waals surface area contributed by atoms with E-state index in [0.29, 0.717) is 29.4 Å². The van der Waals surface area contributed by atoms with E-state index >= 15 is 0 Å². The van der Waals surface area contributed by atoms with Gasteiger partial charge in [-0.15, -0.1) is 0 Å². The third-order valence-corrected chi connectivity index (χ3v) is 8.73. The van der Waals surface area contributed by atoms with Crippen LogP contribution >= 0.6 is 0 Å². The van der Waals surface area contributed by atoms with Crippen molar-refractivity contribution in [2.75, 3.05) is 5.32 Å². The Bertz CT molecular complexity index is 1670. The van der Waals surface area contributed by atoms with Gasteiger partial charge in [0, 0.05) is 22.9 Å². The molecule has 218 valence electrons. The van der Waals surface area contributed by atoms with Gasteiger partial charge >= 0.3 is 0 Å². The van der Waals surface area contributed by atoms with Gasteiger partial charge in [-0.1, -0.05) is 55.5 Å². The molecule has 0 aromatic heterocycles. The molecule has 0 bridgehead atoms. The number of aliphatic hydroxyl groups is 1. The first kappa shape index (κ1) is 29.3. The number of benzene rings is 4. The van der Waals surface area contributed by atoms with Crippen molar-refractivity contribution < 1.29 is 27.8 Å². The Kier molecular flexibility index (Phi) is 8.36. The zero-order valence-electron chi connectivity index (χ0n) is 23.7. The maximum absolute atomic E-state index is 13.3. The number of carbonyl (C=O) groups is 1. The monoisotopic (exact) mass is 586 g/mol. The van der Waals surface area contributed by atoms with Crippen LogP contribution in [-0.4, -0.2) is 31.1 Å². The molecule has 0 spiro atoms. The molecule has 1 aliphatic rings. The van der Waals surface area contributed by atoms with E-state index in [0.717, 1.165) is 17.5 Å². The normalized spacial score (nSPS) is 17.5. The number of rotatable bonds is 9. The Balaban J connectivity index is 1.37. The Morgan fingerprint density at radius 2 is 1.67 bits per heavy atom. The van der Waals surface area contributed by atoms with Crippen LogP contribution in [0.4, 0.5) is 5.69 Å². The quantitative estimate of drug-likeness (QED) is 0.234. The standard InChI is InChI=1S/C33H34N2O6S/c1-4-22-13-16-27(17-14-22)42(38,39)35-30-28-19-24(15-18-29(28)41-33(2,3)31(30)36)32(37)34-25-11-8-12-26(20-25)40-21-23-9-6-5-7-10-23/h5-20,30-31,35-36H,4,21H2,1-3H3,(H,34,37)/t30-,31+/m1/s1. The minimum absolute atomic E-state index is 0.0843. The van der Waals surface area contributed by atoms with Crippen LogP contribution in [0.3, 0.4) is 0 Å². The van der Waals surface area contributed by atoms with Gasteiger partial charge in [-0.3, -0.25) is 4.79 Å². The van der Waals surface area contributed by atoms with Gasteiger partial charge < -0.3 is 19.9 Å². The average Bonchev–Trinajstić information content (AvgIpc) is 2.99. The zero-order chi connectivity index (χ0) is 29.9. The molecule has 1 aliphatic heterocycles. The van der Waals surface area contributed by atoms with Crippen LogP contribution in [0.1, 0.15) is 53.9 Å². The summed E-state index contributed by atoms with van der Waals surface area (Å²) in [5, 5.41) is 14.1. The van der Waals surface area contributed by atoms with E-state index in [2.05, 4.69) is 10.0 Å². The smallest absolute Gasteiger partial charge is 0.255 e. The molecule has 3 N–H and O–H groups in total. The van der Waals surface area contributed by atoms with Crippen molar-refractivity contribution >= 4 is 21.6 Å². The van der Waals surface area contributed by atoms with Crippen LogP contribution in [0.25, 0.3) is 0 Å². The fourth-order valence-electron chi connectivity index (χ4n) is 4.82. The molecule has 9 heteroatoms. The zero-order valence-corrected chi connectivity index (χ0v) is 24.5. The number of fused-ring (bicyclic) bond motifs is 1. The SMILES string of the molecule is CCc1ccc(S(=O)(=O)N[C@@H]2c3cc(C(=O)Nc4cccc(OCc5ccccc5)c4)ccc3OC(C)(C)[C@H]2O)cc1. The van der Waals surface area contributed by atoms with Crippen LogP contribution in [-0.2, 0) is 23.1 Å². The second-order valence-corrected chi connectivity index (χ2v) is 12.5. The van der Waals surface area contributed by atoms with E-state index in [1.165, 1.54) is 0 Å². The van der Waals surface area contributed by atoms with Crippen molar-refractivity contribution in [3.63, 3.8) is 0 Å². The first-order valence-corrected chi connectivity index (χ1v) is 15.2. The van der Waals surface area contributed by atoms with Crippen LogP contribution < -0.4 is 19.5 Å². The van der Waals surface area contributed by atoms with Gasteiger partial charge in [0.05, 0.1) is 10.9 Å². The highest BCUT2D eigenvalue weighted by Crippen LogP contribution is 2.41. The highest BCUT2D eigenvalue weighted by molar-refractivity contribution is 7.89. The molecule has 5 rings (SSSR count). The summed E-state index contributed by atoms with van der Waals surface area (Å²) in [5.41, 5.74) is 2.12. The molecule has 4 aromatic carbocycles. The van der Waals surface area contributed by atoms with Gasteiger partial charge in [-0.05, 0) is 73.9 Å². The van der Waals surface area contributed by atoms with Crippen molar-refractivity contribution in [1.29, 1.82) is 0 Å². The molecule has 4 aromatic rings. The number of ether oxygens (including phenoxy) is 2. The molecule has 1 heterocycles. The predicted octanol–water partition coefficient (Wildman–Crippen LogP) is 5.63. The fraction of sp³-hybridized carbons (Fsp3) is 0.242. The molecule has 0 unspecified atom stereocenters. The Labute approximate surface area is 246 Å². The lowest BCUT2D eigenvalue weighted by atomic mass is 9.86. The summed E-state index contributed by atoms with van der Waals surface area (Å²) in [4.78, 5) is 13.4. The van der Waals surface area contributed by atoms with E-state index in [-0.39, 0.29) is 10.5 Å². The molecule has 2 atom stereocenters. The first-order valence-electron chi connectivity index (χ1n) is 13.8. The van der Waals surface area contributed by atoms with E-state index in [1.807, 2.05) is 43.3 Å². The lowest BCUT2D eigenvalue weighted by molar-refractivity contribution is -0.0603. The van der Waals surface area contributed by atoms with Crippen LogP contribution in [0.5, 0.6) is 11.5 Å². The molecule has 0 saturated carbocycles. The Morgan fingerprint density at radius 3 is 2.38 bits per heavy atom. The van der Waals surface area contributed by atoms with Gasteiger partial charge in [0.25, 0.3) is 5.91 Å². The maximum Gasteiger partial charge on any atom is 0.255 e. The minimum Gasteiger partial charge on any atom is -0.489 e. The topological polar surface area (TPSA) is 114 Å². The summed E-state index contributed by atoms with van der Waals surface area (Å²) in [6.07, 6.45) is -0.449. The fourth-order valence-corrected chi connectivity index (χ4v) is 6.04. The molecular formula is C33H34N2O6S. The summed E-state index contributed by atoms with van der Waals surface area (Å²) in [6, 6.07) is 27.2. The van der Waals surface area contributed by atoms with Crippen molar-refractivity contribution in [2.24, 2.45) is 0 Å². The Hall–Kier alpha value is -4.18. The second kappa shape index (κ2) is 12.0. The summed E-state index contributed by atoms with van der Waals surface area (Å²) >= 11 is 0. The van der Waals surface area contributed by atoms with Gasteiger partial charge in [0.15, 0.2) is 0 Å². The number of sulfonamides is 1. The average molecular weight is 587 g/mol. The third-order valence-electron chi connectivity index (χ3n) is 7.27. The summed E-state index contributed by atoms with van der Waals surface area (Å²) < 4.78 is 41.2. The number of nitrogens with one attached hydrogen (secondary N) is 2. The predicted molar refractivity (Wildman–Crippen MR) is 161 cm³/mol.